The van der Waals surface area contributed by atoms with Crippen LogP contribution in [-0.2, 0) is 18.3 Å². The van der Waals surface area contributed by atoms with E-state index in [2.05, 4.69) is 42.6 Å². The van der Waals surface area contributed by atoms with Crippen LogP contribution < -0.4 is 10.6 Å². The van der Waals surface area contributed by atoms with E-state index in [1.54, 1.807) is 4.68 Å². The van der Waals surface area contributed by atoms with Crippen LogP contribution in [0, 0.1) is 20.8 Å². The Morgan fingerprint density at radius 3 is 2.55 bits per heavy atom. The van der Waals surface area contributed by atoms with Crippen molar-refractivity contribution in [2.75, 3.05) is 18.4 Å². The molecule has 0 radical (unpaired) electrons. The van der Waals surface area contributed by atoms with E-state index in [0.717, 1.165) is 33.4 Å². The molecule has 0 aliphatic rings. The van der Waals surface area contributed by atoms with Gasteiger partial charge < -0.3 is 15.2 Å². The van der Waals surface area contributed by atoms with Gasteiger partial charge in [0.15, 0.2) is 5.82 Å². The molecule has 1 amide bonds. The molecular formula is C23H27N7O. The lowest BCUT2D eigenvalue weighted by Crippen LogP contribution is -2.30. The Bertz CT molecular complexity index is 1220. The van der Waals surface area contributed by atoms with Crippen molar-refractivity contribution in [1.29, 1.82) is 0 Å². The highest BCUT2D eigenvalue weighted by atomic mass is 16.1. The molecule has 0 fully saturated rings. The molecule has 31 heavy (non-hydrogen) atoms. The zero-order valence-corrected chi connectivity index (χ0v) is 18.3. The maximum Gasteiger partial charge on any atom is 0.224 e. The van der Waals surface area contributed by atoms with Gasteiger partial charge in [-0.25, -0.2) is 4.68 Å². The third-order valence-electron chi connectivity index (χ3n) is 5.60. The van der Waals surface area contributed by atoms with Gasteiger partial charge in [-0.05, 0) is 50.1 Å². The highest BCUT2D eigenvalue weighted by Crippen LogP contribution is 2.20. The summed E-state index contributed by atoms with van der Waals surface area (Å²) in [6.07, 6.45) is 2.38. The van der Waals surface area contributed by atoms with Crippen LogP contribution >= 0.6 is 0 Å². The van der Waals surface area contributed by atoms with Crippen LogP contribution in [0.3, 0.4) is 0 Å². The van der Waals surface area contributed by atoms with Crippen LogP contribution in [0.15, 0.2) is 42.6 Å². The fourth-order valence-electron chi connectivity index (χ4n) is 3.67. The Morgan fingerprint density at radius 1 is 1.03 bits per heavy atom. The number of carbonyl (C=O) groups excluding carboxylic acids is 1. The summed E-state index contributed by atoms with van der Waals surface area (Å²) in [6, 6.07) is 11.9. The summed E-state index contributed by atoms with van der Waals surface area (Å²) >= 11 is 0. The molecule has 3 heterocycles. The monoisotopic (exact) mass is 417 g/mol. The fourth-order valence-corrected chi connectivity index (χ4v) is 3.67. The third-order valence-corrected chi connectivity index (χ3v) is 5.60. The molecule has 0 spiro atoms. The van der Waals surface area contributed by atoms with Gasteiger partial charge in [-0.15, -0.1) is 10.2 Å². The first-order valence-corrected chi connectivity index (χ1v) is 10.3. The number of benzene rings is 1. The van der Waals surface area contributed by atoms with Crippen LogP contribution in [0.4, 0.5) is 5.82 Å². The molecule has 0 saturated heterocycles. The molecule has 1 aromatic carbocycles. The van der Waals surface area contributed by atoms with Crippen molar-refractivity contribution >= 4 is 22.6 Å². The number of aromatic nitrogens is 5. The second kappa shape index (κ2) is 8.59. The second-order valence-corrected chi connectivity index (χ2v) is 7.72. The van der Waals surface area contributed by atoms with Crippen molar-refractivity contribution < 1.29 is 4.79 Å². The van der Waals surface area contributed by atoms with E-state index in [-0.39, 0.29) is 5.91 Å². The number of aryl methyl sites for hydroxylation is 2. The first-order valence-electron chi connectivity index (χ1n) is 10.3. The predicted molar refractivity (Wildman–Crippen MR) is 121 cm³/mol. The number of para-hydroxylation sites is 1. The number of fused-ring (bicyclic) bond motifs is 1. The molecular weight excluding hydrogens is 390 g/mol. The van der Waals surface area contributed by atoms with Crippen LogP contribution in [0.5, 0.6) is 0 Å². The Kier molecular flexibility index (Phi) is 5.70. The average Bonchev–Trinajstić information content (AvgIpc) is 3.22. The van der Waals surface area contributed by atoms with Gasteiger partial charge in [-0.1, -0.05) is 18.2 Å². The highest BCUT2D eigenvalue weighted by Gasteiger charge is 2.11. The largest absolute Gasteiger partial charge is 0.367 e. The maximum atomic E-state index is 12.4. The minimum atomic E-state index is -0.000479. The normalized spacial score (nSPS) is 11.1. The Morgan fingerprint density at radius 2 is 1.84 bits per heavy atom. The summed E-state index contributed by atoms with van der Waals surface area (Å²) in [5, 5.41) is 20.2. The number of rotatable bonds is 7. The molecule has 0 atom stereocenters. The number of hydrogen-bond donors (Lipinski definition) is 2. The molecule has 8 nitrogen and oxygen atoms in total. The minimum absolute atomic E-state index is 0.000479. The van der Waals surface area contributed by atoms with Gasteiger partial charge in [0.2, 0.25) is 5.91 Å². The van der Waals surface area contributed by atoms with Crippen molar-refractivity contribution in [3.8, 4) is 5.82 Å². The van der Waals surface area contributed by atoms with Gasteiger partial charge in [0, 0.05) is 42.9 Å². The summed E-state index contributed by atoms with van der Waals surface area (Å²) in [6.45, 7) is 7.12. The highest BCUT2D eigenvalue weighted by molar-refractivity contribution is 5.89. The van der Waals surface area contributed by atoms with Crippen LogP contribution in [0.25, 0.3) is 16.7 Å². The number of hydrogen-bond acceptors (Lipinski definition) is 5. The molecule has 3 aromatic heterocycles. The fraction of sp³-hybridized carbons (Fsp3) is 0.304. The number of amides is 1. The standard InChI is InChI=1S/C23H27N7O/c1-15-16(2)28-30(17(15)3)22-10-9-21(26-27-22)24-11-12-25-23(31)13-18-14-29(4)20-8-6-5-7-19(18)20/h5-10,14H,11-13H2,1-4H3,(H,24,26)(H,25,31). The van der Waals surface area contributed by atoms with Crippen molar-refractivity contribution in [2.45, 2.75) is 27.2 Å². The van der Waals surface area contributed by atoms with Gasteiger partial charge in [0.05, 0.1) is 12.1 Å². The molecule has 2 N–H and O–H groups in total. The Hall–Kier alpha value is -3.68. The van der Waals surface area contributed by atoms with E-state index >= 15 is 0 Å². The molecule has 0 bridgehead atoms. The molecule has 4 aromatic rings. The van der Waals surface area contributed by atoms with Crippen molar-refractivity contribution in [1.82, 2.24) is 29.9 Å². The summed E-state index contributed by atoms with van der Waals surface area (Å²) in [4.78, 5) is 12.4. The third kappa shape index (κ3) is 4.28. The molecule has 0 saturated carbocycles. The average molecular weight is 418 g/mol. The Balaban J connectivity index is 1.27. The van der Waals surface area contributed by atoms with Gasteiger partial charge in [-0.2, -0.15) is 5.10 Å². The number of carbonyl (C=O) groups is 1. The van der Waals surface area contributed by atoms with Gasteiger partial charge in [0.25, 0.3) is 0 Å². The van der Waals surface area contributed by atoms with E-state index in [0.29, 0.717) is 31.1 Å². The SMILES string of the molecule is Cc1nn(-c2ccc(NCCNC(=O)Cc3cn(C)c4ccccc34)nn2)c(C)c1C. The topological polar surface area (TPSA) is 89.7 Å². The first kappa shape index (κ1) is 20.6. The zero-order chi connectivity index (χ0) is 22.0. The van der Waals surface area contributed by atoms with E-state index in [1.165, 1.54) is 0 Å². The van der Waals surface area contributed by atoms with E-state index < -0.39 is 0 Å². The van der Waals surface area contributed by atoms with E-state index in [9.17, 15) is 4.79 Å². The Labute approximate surface area is 181 Å². The molecule has 0 aliphatic heterocycles. The van der Waals surface area contributed by atoms with Crippen molar-refractivity contribution in [3.05, 3.63) is 65.1 Å². The van der Waals surface area contributed by atoms with Crippen LogP contribution in [0.1, 0.15) is 22.5 Å². The lowest BCUT2D eigenvalue weighted by Gasteiger charge is -2.08. The molecule has 0 unspecified atom stereocenters. The van der Waals surface area contributed by atoms with Gasteiger partial charge in [-0.3, -0.25) is 4.79 Å². The second-order valence-electron chi connectivity index (χ2n) is 7.72. The van der Waals surface area contributed by atoms with E-state index in [4.69, 9.17) is 0 Å². The lowest BCUT2D eigenvalue weighted by atomic mass is 10.1. The minimum Gasteiger partial charge on any atom is -0.367 e. The molecule has 4 rings (SSSR count). The maximum absolute atomic E-state index is 12.4. The van der Waals surface area contributed by atoms with Crippen molar-refractivity contribution in [3.63, 3.8) is 0 Å². The molecule has 8 heteroatoms. The predicted octanol–water partition coefficient (Wildman–Crippen LogP) is 2.85. The van der Waals surface area contributed by atoms with Crippen molar-refractivity contribution in [2.24, 2.45) is 7.05 Å². The summed E-state index contributed by atoms with van der Waals surface area (Å²) in [7, 11) is 2.00. The quantitative estimate of drug-likeness (QED) is 0.451. The number of nitrogens with zero attached hydrogens (tertiary/aromatic N) is 5. The smallest absolute Gasteiger partial charge is 0.224 e. The van der Waals surface area contributed by atoms with Gasteiger partial charge >= 0.3 is 0 Å². The van der Waals surface area contributed by atoms with E-state index in [1.807, 2.05) is 58.3 Å². The molecule has 160 valence electrons. The zero-order valence-electron chi connectivity index (χ0n) is 18.3. The van der Waals surface area contributed by atoms with Gasteiger partial charge in [0.1, 0.15) is 5.82 Å². The van der Waals surface area contributed by atoms with Crippen LogP contribution in [-0.4, -0.2) is 43.5 Å². The molecule has 0 aliphatic carbocycles. The summed E-state index contributed by atoms with van der Waals surface area (Å²) in [5.41, 5.74) is 5.36. The lowest BCUT2D eigenvalue weighted by molar-refractivity contribution is -0.120. The summed E-state index contributed by atoms with van der Waals surface area (Å²) < 4.78 is 3.85. The number of nitrogens with one attached hydrogen (secondary N) is 2. The summed E-state index contributed by atoms with van der Waals surface area (Å²) in [5.74, 6) is 1.34. The first-order chi connectivity index (χ1) is 14.9. The number of anilines is 1. The van der Waals surface area contributed by atoms with Crippen LogP contribution in [0.2, 0.25) is 0 Å².